The molecule has 0 aliphatic rings. The summed E-state index contributed by atoms with van der Waals surface area (Å²) < 4.78 is 5.75. The Kier molecular flexibility index (Phi) is 6.12. The van der Waals surface area contributed by atoms with Crippen molar-refractivity contribution in [2.75, 3.05) is 6.61 Å². The van der Waals surface area contributed by atoms with Crippen molar-refractivity contribution >= 4 is 0 Å². The highest BCUT2D eigenvalue weighted by molar-refractivity contribution is 5.35. The second-order valence-electron chi connectivity index (χ2n) is 3.70. The molecule has 0 fully saturated rings. The monoisotopic (exact) mass is 231 g/mol. The van der Waals surface area contributed by atoms with Gasteiger partial charge >= 0.3 is 0 Å². The summed E-state index contributed by atoms with van der Waals surface area (Å²) in [5.74, 6) is 0.798. The van der Waals surface area contributed by atoms with Crippen LogP contribution in [0.15, 0.2) is 49.6 Å². The number of hydrogen-bond acceptors (Lipinski definition) is 2. The summed E-state index contributed by atoms with van der Waals surface area (Å²) in [7, 11) is 0. The Labute approximate surface area is 103 Å². The first-order valence-corrected chi connectivity index (χ1v) is 5.72. The first kappa shape index (κ1) is 13.5. The highest BCUT2D eigenvalue weighted by Gasteiger charge is 2.10. The molecule has 0 saturated carbocycles. The number of allylic oxidation sites excluding steroid dienone is 2. The SMILES string of the molecule is C=CC[CH]C(CO)Oc1ccccc1CC=C. The Hall–Kier alpha value is -1.54. The van der Waals surface area contributed by atoms with Crippen molar-refractivity contribution in [3.8, 4) is 5.75 Å². The lowest BCUT2D eigenvalue weighted by Crippen LogP contribution is -2.22. The van der Waals surface area contributed by atoms with Crippen LogP contribution in [0.4, 0.5) is 0 Å². The zero-order valence-electron chi connectivity index (χ0n) is 10.0. The van der Waals surface area contributed by atoms with Gasteiger partial charge in [0, 0.05) is 6.42 Å². The molecule has 1 atom stereocenters. The number of aliphatic hydroxyl groups is 1. The molecule has 2 heteroatoms. The first-order valence-electron chi connectivity index (χ1n) is 5.72. The molecule has 1 aromatic carbocycles. The average molecular weight is 231 g/mol. The fourth-order valence-corrected chi connectivity index (χ4v) is 1.51. The van der Waals surface area contributed by atoms with E-state index in [1.54, 1.807) is 6.08 Å². The van der Waals surface area contributed by atoms with Gasteiger partial charge in [0.15, 0.2) is 0 Å². The van der Waals surface area contributed by atoms with Crippen LogP contribution in [0, 0.1) is 6.42 Å². The summed E-state index contributed by atoms with van der Waals surface area (Å²) in [6, 6.07) is 7.79. The largest absolute Gasteiger partial charge is 0.487 e. The molecular weight excluding hydrogens is 212 g/mol. The molecule has 0 bridgehead atoms. The van der Waals surface area contributed by atoms with Gasteiger partial charge in [-0.2, -0.15) is 0 Å². The van der Waals surface area contributed by atoms with Crippen molar-refractivity contribution in [1.82, 2.24) is 0 Å². The summed E-state index contributed by atoms with van der Waals surface area (Å²) in [5.41, 5.74) is 1.08. The molecule has 2 nitrogen and oxygen atoms in total. The van der Waals surface area contributed by atoms with E-state index in [1.807, 2.05) is 36.8 Å². The lowest BCUT2D eigenvalue weighted by Gasteiger charge is -2.18. The predicted molar refractivity (Wildman–Crippen MR) is 71.0 cm³/mol. The van der Waals surface area contributed by atoms with Crippen LogP contribution < -0.4 is 4.74 Å². The fourth-order valence-electron chi connectivity index (χ4n) is 1.51. The van der Waals surface area contributed by atoms with Gasteiger partial charge in [0.2, 0.25) is 0 Å². The van der Waals surface area contributed by atoms with Crippen molar-refractivity contribution in [2.24, 2.45) is 0 Å². The van der Waals surface area contributed by atoms with E-state index < -0.39 is 0 Å². The molecule has 0 aliphatic carbocycles. The Bertz CT molecular complexity index is 358. The van der Waals surface area contributed by atoms with Crippen LogP contribution in [0.2, 0.25) is 0 Å². The minimum Gasteiger partial charge on any atom is -0.487 e. The van der Waals surface area contributed by atoms with Gasteiger partial charge in [-0.3, -0.25) is 0 Å². The maximum absolute atomic E-state index is 9.22. The van der Waals surface area contributed by atoms with Gasteiger partial charge in [-0.15, -0.1) is 13.2 Å². The topological polar surface area (TPSA) is 29.5 Å². The van der Waals surface area contributed by atoms with Crippen molar-refractivity contribution in [2.45, 2.75) is 18.9 Å². The van der Waals surface area contributed by atoms with Crippen LogP contribution in [0.5, 0.6) is 5.75 Å². The summed E-state index contributed by atoms with van der Waals surface area (Å²) >= 11 is 0. The smallest absolute Gasteiger partial charge is 0.125 e. The van der Waals surface area contributed by atoms with E-state index in [9.17, 15) is 5.11 Å². The lowest BCUT2D eigenvalue weighted by molar-refractivity contribution is 0.136. The third-order valence-electron chi connectivity index (χ3n) is 2.36. The number of benzene rings is 1. The van der Waals surface area contributed by atoms with Gasteiger partial charge in [0.05, 0.1) is 6.61 Å². The van der Waals surface area contributed by atoms with E-state index in [4.69, 9.17) is 4.74 Å². The quantitative estimate of drug-likeness (QED) is 0.697. The van der Waals surface area contributed by atoms with Gasteiger partial charge in [-0.1, -0.05) is 30.4 Å². The van der Waals surface area contributed by atoms with E-state index in [-0.39, 0.29) is 12.7 Å². The molecular formula is C15H19O2. The molecule has 17 heavy (non-hydrogen) atoms. The van der Waals surface area contributed by atoms with Crippen molar-refractivity contribution in [3.63, 3.8) is 0 Å². The third kappa shape index (κ3) is 4.45. The van der Waals surface area contributed by atoms with Crippen LogP contribution in [0.25, 0.3) is 0 Å². The molecule has 0 amide bonds. The van der Waals surface area contributed by atoms with Gasteiger partial charge in [0.1, 0.15) is 11.9 Å². The predicted octanol–water partition coefficient (Wildman–Crippen LogP) is 2.94. The summed E-state index contributed by atoms with van der Waals surface area (Å²) in [6.45, 7) is 7.33. The maximum atomic E-state index is 9.22. The van der Waals surface area contributed by atoms with Crippen LogP contribution in [-0.2, 0) is 6.42 Å². The highest BCUT2D eigenvalue weighted by atomic mass is 16.5. The molecule has 1 aromatic rings. The number of para-hydroxylation sites is 1. The number of hydrogen-bond donors (Lipinski definition) is 1. The molecule has 91 valence electrons. The second-order valence-corrected chi connectivity index (χ2v) is 3.70. The Morgan fingerprint density at radius 1 is 1.24 bits per heavy atom. The Balaban J connectivity index is 2.70. The molecule has 1 rings (SSSR count). The Morgan fingerprint density at radius 3 is 2.65 bits per heavy atom. The van der Waals surface area contributed by atoms with E-state index in [2.05, 4.69) is 13.2 Å². The minimum atomic E-state index is -0.293. The molecule has 0 saturated heterocycles. The maximum Gasteiger partial charge on any atom is 0.125 e. The van der Waals surface area contributed by atoms with Crippen LogP contribution >= 0.6 is 0 Å². The van der Waals surface area contributed by atoms with Crippen LogP contribution in [-0.4, -0.2) is 17.8 Å². The molecule has 1 N–H and O–H groups in total. The average Bonchev–Trinajstić information content (AvgIpc) is 2.36. The van der Waals surface area contributed by atoms with Crippen LogP contribution in [0.1, 0.15) is 12.0 Å². The van der Waals surface area contributed by atoms with Crippen molar-refractivity contribution < 1.29 is 9.84 Å². The lowest BCUT2D eigenvalue weighted by atomic mass is 10.1. The molecule has 1 radical (unpaired) electrons. The summed E-state index contributed by atoms with van der Waals surface area (Å²) in [5, 5.41) is 9.22. The standard InChI is InChI=1S/C15H19O2/c1-3-5-10-14(12-16)17-15-11-7-6-9-13(15)8-4-2/h3-4,6-7,9-11,14,16H,1-2,5,8,12H2. The second kappa shape index (κ2) is 7.69. The molecule has 0 heterocycles. The van der Waals surface area contributed by atoms with E-state index >= 15 is 0 Å². The third-order valence-corrected chi connectivity index (χ3v) is 2.36. The van der Waals surface area contributed by atoms with Crippen molar-refractivity contribution in [3.05, 3.63) is 61.6 Å². The van der Waals surface area contributed by atoms with E-state index in [0.29, 0.717) is 0 Å². The number of aliphatic hydroxyl groups excluding tert-OH is 1. The van der Waals surface area contributed by atoms with E-state index in [1.165, 1.54) is 0 Å². The fraction of sp³-hybridized carbons (Fsp3) is 0.267. The van der Waals surface area contributed by atoms with Crippen molar-refractivity contribution in [1.29, 1.82) is 0 Å². The van der Waals surface area contributed by atoms with Crippen LogP contribution in [0.3, 0.4) is 0 Å². The van der Waals surface area contributed by atoms with Gasteiger partial charge in [-0.05, 0) is 24.5 Å². The molecule has 0 aromatic heterocycles. The summed E-state index contributed by atoms with van der Waals surface area (Å²) in [4.78, 5) is 0. The molecule has 0 aliphatic heterocycles. The Morgan fingerprint density at radius 2 is 2.00 bits per heavy atom. The number of rotatable bonds is 8. The molecule has 1 unspecified atom stereocenters. The van der Waals surface area contributed by atoms with Gasteiger partial charge < -0.3 is 9.84 Å². The first-order chi connectivity index (χ1) is 8.31. The zero-order chi connectivity index (χ0) is 12.5. The number of ether oxygens (including phenoxy) is 1. The molecule has 0 spiro atoms. The minimum absolute atomic E-state index is 0.0315. The summed E-state index contributed by atoms with van der Waals surface area (Å²) in [6.07, 6.45) is 6.70. The van der Waals surface area contributed by atoms with E-state index in [0.717, 1.165) is 24.2 Å². The van der Waals surface area contributed by atoms with Gasteiger partial charge in [-0.25, -0.2) is 0 Å². The van der Waals surface area contributed by atoms with Gasteiger partial charge in [0.25, 0.3) is 0 Å². The zero-order valence-corrected chi connectivity index (χ0v) is 10.0. The highest BCUT2D eigenvalue weighted by Crippen LogP contribution is 2.21. The normalized spacial score (nSPS) is 11.8.